The van der Waals surface area contributed by atoms with Gasteiger partial charge in [-0.3, -0.25) is 4.79 Å². The molecule has 1 saturated heterocycles. The van der Waals surface area contributed by atoms with Crippen LogP contribution in [0.3, 0.4) is 0 Å². The average molecular weight is 374 g/mol. The number of amides is 1. The van der Waals surface area contributed by atoms with E-state index in [9.17, 15) is 13.2 Å². The normalized spacial score (nSPS) is 19.1. The third-order valence-corrected chi connectivity index (χ3v) is 5.86. The van der Waals surface area contributed by atoms with Crippen LogP contribution in [0.15, 0.2) is 65.6 Å². The van der Waals surface area contributed by atoms with Gasteiger partial charge in [-0.15, -0.1) is 0 Å². The zero-order valence-electron chi connectivity index (χ0n) is 14.5. The highest BCUT2D eigenvalue weighted by Crippen LogP contribution is 2.22. The summed E-state index contributed by atoms with van der Waals surface area (Å²) in [7, 11) is -3.74. The summed E-state index contributed by atoms with van der Waals surface area (Å²) in [6, 6.07) is 16.9. The van der Waals surface area contributed by atoms with Gasteiger partial charge in [0.15, 0.2) is 0 Å². The quantitative estimate of drug-likeness (QED) is 0.868. The first-order chi connectivity index (χ1) is 12.5. The zero-order chi connectivity index (χ0) is 18.6. The van der Waals surface area contributed by atoms with Crippen molar-refractivity contribution in [2.45, 2.75) is 24.0 Å². The predicted molar refractivity (Wildman–Crippen MR) is 97.9 cm³/mol. The predicted octanol–water partition coefficient (Wildman–Crippen LogP) is 1.95. The summed E-state index contributed by atoms with van der Waals surface area (Å²) in [4.78, 5) is 14.5. The summed E-state index contributed by atoms with van der Waals surface area (Å²) in [5.74, 6) is -0.256. The van der Waals surface area contributed by atoms with Crippen molar-refractivity contribution in [1.82, 2.24) is 9.62 Å². The van der Waals surface area contributed by atoms with Gasteiger partial charge in [0.2, 0.25) is 15.9 Å². The van der Waals surface area contributed by atoms with Crippen molar-refractivity contribution < 1.29 is 17.9 Å². The molecule has 1 aliphatic heterocycles. The smallest absolute Gasteiger partial charge is 0.241 e. The molecule has 7 heteroatoms. The van der Waals surface area contributed by atoms with Gasteiger partial charge in [-0.2, -0.15) is 4.72 Å². The zero-order valence-corrected chi connectivity index (χ0v) is 15.4. The Morgan fingerprint density at radius 3 is 2.38 bits per heavy atom. The van der Waals surface area contributed by atoms with Crippen molar-refractivity contribution in [1.29, 1.82) is 0 Å². The molecule has 1 amide bonds. The Bertz CT molecular complexity index is 840. The Morgan fingerprint density at radius 2 is 1.73 bits per heavy atom. The van der Waals surface area contributed by atoms with Crippen molar-refractivity contribution in [2.75, 3.05) is 19.7 Å². The summed E-state index contributed by atoms with van der Waals surface area (Å²) in [6.07, 6.45) is -0.202. The Morgan fingerprint density at radius 1 is 1.12 bits per heavy atom. The lowest BCUT2D eigenvalue weighted by Crippen LogP contribution is -2.51. The Hall–Kier alpha value is -2.22. The molecule has 1 aliphatic rings. The third kappa shape index (κ3) is 4.30. The first kappa shape index (κ1) is 18.6. The second kappa shape index (κ2) is 7.99. The van der Waals surface area contributed by atoms with Crippen LogP contribution in [-0.4, -0.2) is 45.0 Å². The number of hydrogen-bond donors (Lipinski definition) is 1. The fraction of sp³-hybridized carbons (Fsp3) is 0.316. The van der Waals surface area contributed by atoms with E-state index < -0.39 is 16.1 Å². The molecule has 0 radical (unpaired) electrons. The number of hydrogen-bond acceptors (Lipinski definition) is 4. The van der Waals surface area contributed by atoms with Crippen LogP contribution in [0, 0.1) is 0 Å². The van der Waals surface area contributed by atoms with Gasteiger partial charge >= 0.3 is 0 Å². The molecule has 3 rings (SSSR count). The molecular formula is C19H22N2O4S. The molecule has 6 nitrogen and oxygen atoms in total. The molecule has 0 spiro atoms. The molecule has 0 bridgehead atoms. The Balaban J connectivity index is 1.66. The van der Waals surface area contributed by atoms with Gasteiger partial charge in [-0.25, -0.2) is 8.42 Å². The van der Waals surface area contributed by atoms with Gasteiger partial charge < -0.3 is 9.64 Å². The van der Waals surface area contributed by atoms with E-state index in [2.05, 4.69) is 4.72 Å². The fourth-order valence-corrected chi connectivity index (χ4v) is 4.16. The van der Waals surface area contributed by atoms with Crippen LogP contribution in [0.4, 0.5) is 0 Å². The molecule has 1 fully saturated rings. The number of sulfonamides is 1. The van der Waals surface area contributed by atoms with Crippen molar-refractivity contribution in [3.05, 3.63) is 66.2 Å². The summed E-state index contributed by atoms with van der Waals surface area (Å²) < 4.78 is 33.0. The van der Waals surface area contributed by atoms with Gasteiger partial charge in [-0.1, -0.05) is 48.5 Å². The molecule has 1 heterocycles. The second-order valence-electron chi connectivity index (χ2n) is 6.21. The molecule has 0 aliphatic carbocycles. The Kier molecular flexibility index (Phi) is 5.70. The average Bonchev–Trinajstić information content (AvgIpc) is 2.68. The lowest BCUT2D eigenvalue weighted by Gasteiger charge is -2.34. The summed E-state index contributed by atoms with van der Waals surface area (Å²) >= 11 is 0. The number of rotatable bonds is 5. The van der Waals surface area contributed by atoms with Crippen molar-refractivity contribution >= 4 is 15.9 Å². The summed E-state index contributed by atoms with van der Waals surface area (Å²) in [5.41, 5.74) is 1.00. The minimum absolute atomic E-state index is 0.142. The maximum Gasteiger partial charge on any atom is 0.241 e. The van der Waals surface area contributed by atoms with Gasteiger partial charge in [0, 0.05) is 6.54 Å². The molecule has 2 aromatic carbocycles. The Labute approximate surface area is 153 Å². The number of ether oxygens (including phenoxy) is 1. The van der Waals surface area contributed by atoms with Crippen molar-refractivity contribution in [3.8, 4) is 0 Å². The van der Waals surface area contributed by atoms with Crippen LogP contribution in [0.5, 0.6) is 0 Å². The van der Waals surface area contributed by atoms with Gasteiger partial charge in [-0.05, 0) is 24.6 Å². The van der Waals surface area contributed by atoms with Gasteiger partial charge in [0.25, 0.3) is 0 Å². The minimum atomic E-state index is -3.74. The van der Waals surface area contributed by atoms with Crippen LogP contribution in [-0.2, 0) is 19.6 Å². The molecule has 26 heavy (non-hydrogen) atoms. The van der Waals surface area contributed by atoms with Crippen LogP contribution in [0.2, 0.25) is 0 Å². The maximum atomic E-state index is 12.7. The number of carbonyl (C=O) groups is 1. The van der Waals surface area contributed by atoms with E-state index in [1.807, 2.05) is 30.3 Å². The summed E-state index contributed by atoms with van der Waals surface area (Å²) in [6.45, 7) is 2.83. The first-order valence-electron chi connectivity index (χ1n) is 8.50. The van der Waals surface area contributed by atoms with Crippen LogP contribution in [0.25, 0.3) is 0 Å². The van der Waals surface area contributed by atoms with Crippen molar-refractivity contribution in [3.63, 3.8) is 0 Å². The van der Waals surface area contributed by atoms with E-state index in [4.69, 9.17) is 4.74 Å². The lowest BCUT2D eigenvalue weighted by atomic mass is 10.1. The van der Waals surface area contributed by atoms with E-state index >= 15 is 0 Å². The number of carbonyl (C=O) groups excluding carboxylic acids is 1. The highest BCUT2D eigenvalue weighted by atomic mass is 32.2. The number of nitrogens with zero attached hydrogens (tertiary/aromatic N) is 1. The monoisotopic (exact) mass is 374 g/mol. The molecule has 1 unspecified atom stereocenters. The minimum Gasteiger partial charge on any atom is -0.370 e. The number of benzene rings is 2. The van der Waals surface area contributed by atoms with Gasteiger partial charge in [0.1, 0.15) is 6.10 Å². The first-order valence-corrected chi connectivity index (χ1v) is 9.98. The second-order valence-corrected chi connectivity index (χ2v) is 7.92. The lowest BCUT2D eigenvalue weighted by molar-refractivity contribution is -0.140. The topological polar surface area (TPSA) is 75.7 Å². The SMILES string of the molecule is C[C@@H](NS(=O)(=O)c1ccccc1)C(=O)N1CCOC(c2ccccc2)C1. The highest BCUT2D eigenvalue weighted by molar-refractivity contribution is 7.89. The molecule has 0 saturated carbocycles. The largest absolute Gasteiger partial charge is 0.370 e. The molecule has 138 valence electrons. The standard InChI is InChI=1S/C19H22N2O4S/c1-15(20-26(23,24)17-10-6-3-7-11-17)19(22)21-12-13-25-18(14-21)16-8-4-2-5-9-16/h2-11,15,18,20H,12-14H2,1H3/t15-,18?/m1/s1. The molecule has 0 aromatic heterocycles. The van der Waals surface area contributed by atoms with Crippen LogP contribution >= 0.6 is 0 Å². The third-order valence-electron chi connectivity index (χ3n) is 4.31. The van der Waals surface area contributed by atoms with E-state index in [1.165, 1.54) is 12.1 Å². The van der Waals surface area contributed by atoms with E-state index in [0.717, 1.165) is 5.56 Å². The molecule has 1 N–H and O–H groups in total. The van der Waals surface area contributed by atoms with Gasteiger partial charge in [0.05, 0.1) is 24.1 Å². The number of nitrogens with one attached hydrogen (secondary N) is 1. The van der Waals surface area contributed by atoms with E-state index in [0.29, 0.717) is 19.7 Å². The maximum absolute atomic E-state index is 12.7. The van der Waals surface area contributed by atoms with Crippen LogP contribution in [0.1, 0.15) is 18.6 Å². The molecular weight excluding hydrogens is 352 g/mol. The fourth-order valence-electron chi connectivity index (χ4n) is 2.94. The molecule has 2 aromatic rings. The highest BCUT2D eigenvalue weighted by Gasteiger charge is 2.30. The summed E-state index contributed by atoms with van der Waals surface area (Å²) in [5, 5.41) is 0. The van der Waals surface area contributed by atoms with Crippen molar-refractivity contribution in [2.24, 2.45) is 0 Å². The number of morpholine rings is 1. The van der Waals surface area contributed by atoms with E-state index in [-0.39, 0.29) is 16.9 Å². The van der Waals surface area contributed by atoms with Crippen LogP contribution < -0.4 is 4.72 Å². The molecule has 2 atom stereocenters. The van der Waals surface area contributed by atoms with E-state index in [1.54, 1.807) is 30.0 Å².